The van der Waals surface area contributed by atoms with Crippen molar-refractivity contribution in [1.82, 2.24) is 4.98 Å². The van der Waals surface area contributed by atoms with Gasteiger partial charge in [-0.25, -0.2) is 8.42 Å². The largest absolute Gasteiger partial charge is 0.387 e. The molecule has 1 aromatic heterocycles. The van der Waals surface area contributed by atoms with E-state index in [2.05, 4.69) is 10.3 Å². The number of benzene rings is 1. The van der Waals surface area contributed by atoms with Gasteiger partial charge in [0.25, 0.3) is 0 Å². The van der Waals surface area contributed by atoms with Gasteiger partial charge in [-0.3, -0.25) is 15.1 Å². The minimum atomic E-state index is -3.74. The molecule has 23 heavy (non-hydrogen) atoms. The number of aliphatic hydroxyl groups excluding tert-OH is 1. The highest BCUT2D eigenvalue weighted by atomic mass is 32.2. The van der Waals surface area contributed by atoms with E-state index in [1.165, 1.54) is 30.6 Å². The van der Waals surface area contributed by atoms with E-state index in [9.17, 15) is 23.6 Å². The number of hydrogen-bond donors (Lipinski definition) is 2. The van der Waals surface area contributed by atoms with Gasteiger partial charge in [0, 0.05) is 25.2 Å². The number of nitrogens with zero attached hydrogens (tertiary/aromatic N) is 2. The molecule has 2 rings (SSSR count). The van der Waals surface area contributed by atoms with Crippen LogP contribution in [-0.2, 0) is 9.84 Å². The molecule has 0 aliphatic carbocycles. The van der Waals surface area contributed by atoms with Gasteiger partial charge in [-0.05, 0) is 29.8 Å². The van der Waals surface area contributed by atoms with Gasteiger partial charge in [0.1, 0.15) is 10.6 Å². The van der Waals surface area contributed by atoms with E-state index in [0.29, 0.717) is 5.56 Å². The van der Waals surface area contributed by atoms with Crippen molar-refractivity contribution in [2.24, 2.45) is 0 Å². The van der Waals surface area contributed by atoms with Gasteiger partial charge >= 0.3 is 5.69 Å². The fraction of sp³-hybridized carbons (Fsp3) is 0.214. The molecule has 1 unspecified atom stereocenters. The van der Waals surface area contributed by atoms with Gasteiger partial charge in [-0.2, -0.15) is 0 Å². The Morgan fingerprint density at radius 1 is 1.30 bits per heavy atom. The Bertz CT molecular complexity index is 808. The number of pyridine rings is 1. The SMILES string of the molecule is CS(=O)(=O)c1cccc(NCC(O)c2ccncc2)c1[N+](=O)[O-]. The summed E-state index contributed by atoms with van der Waals surface area (Å²) < 4.78 is 23.4. The first kappa shape index (κ1) is 16.8. The Morgan fingerprint density at radius 2 is 1.96 bits per heavy atom. The van der Waals surface area contributed by atoms with Gasteiger partial charge in [-0.1, -0.05) is 6.07 Å². The average Bonchev–Trinajstić information content (AvgIpc) is 2.52. The van der Waals surface area contributed by atoms with Gasteiger partial charge < -0.3 is 10.4 Å². The molecule has 0 saturated heterocycles. The fourth-order valence-corrected chi connectivity index (χ4v) is 2.92. The smallest absolute Gasteiger partial charge is 0.310 e. The molecular weight excluding hydrogens is 322 g/mol. The summed E-state index contributed by atoms with van der Waals surface area (Å²) in [5.74, 6) is 0. The summed E-state index contributed by atoms with van der Waals surface area (Å²) in [6, 6.07) is 7.22. The quantitative estimate of drug-likeness (QED) is 0.605. The molecule has 0 aliphatic heterocycles. The van der Waals surface area contributed by atoms with Crippen LogP contribution >= 0.6 is 0 Å². The molecule has 0 bridgehead atoms. The van der Waals surface area contributed by atoms with E-state index in [4.69, 9.17) is 0 Å². The molecule has 122 valence electrons. The van der Waals surface area contributed by atoms with Gasteiger partial charge in [0.15, 0.2) is 9.84 Å². The normalized spacial score (nSPS) is 12.6. The van der Waals surface area contributed by atoms with Crippen LogP contribution in [0.5, 0.6) is 0 Å². The van der Waals surface area contributed by atoms with Gasteiger partial charge in [-0.15, -0.1) is 0 Å². The third-order valence-corrected chi connectivity index (χ3v) is 4.29. The van der Waals surface area contributed by atoms with Crippen molar-refractivity contribution in [3.05, 3.63) is 58.4 Å². The van der Waals surface area contributed by atoms with Crippen LogP contribution in [-0.4, -0.2) is 36.2 Å². The number of nitro benzene ring substituents is 1. The molecule has 9 heteroatoms. The first-order valence-electron chi connectivity index (χ1n) is 6.60. The highest BCUT2D eigenvalue weighted by molar-refractivity contribution is 7.90. The number of anilines is 1. The molecule has 1 heterocycles. The zero-order valence-corrected chi connectivity index (χ0v) is 13.0. The minimum Gasteiger partial charge on any atom is -0.387 e. The molecule has 0 aliphatic rings. The second-order valence-corrected chi connectivity index (χ2v) is 6.84. The Labute approximate surface area is 132 Å². The standard InChI is InChI=1S/C14H15N3O5S/c1-23(21,22)13-4-2-3-11(14(13)17(19)20)16-9-12(18)10-5-7-15-8-6-10/h2-8,12,16,18H,9H2,1H3. The van der Waals surface area contributed by atoms with E-state index in [0.717, 1.165) is 6.26 Å². The van der Waals surface area contributed by atoms with Crippen LogP contribution in [0, 0.1) is 10.1 Å². The molecule has 0 fully saturated rings. The molecule has 8 nitrogen and oxygen atoms in total. The first-order valence-corrected chi connectivity index (χ1v) is 8.49. The number of aromatic nitrogens is 1. The summed E-state index contributed by atoms with van der Waals surface area (Å²) in [6.45, 7) is -0.0158. The summed E-state index contributed by atoms with van der Waals surface area (Å²) >= 11 is 0. The van der Waals surface area contributed by atoms with Crippen molar-refractivity contribution < 1.29 is 18.4 Å². The van der Waals surface area contributed by atoms with Crippen LogP contribution in [0.1, 0.15) is 11.7 Å². The number of nitrogens with one attached hydrogen (secondary N) is 1. The Kier molecular flexibility index (Phi) is 4.92. The molecule has 0 amide bonds. The Balaban J connectivity index is 2.28. The summed E-state index contributed by atoms with van der Waals surface area (Å²) in [7, 11) is -3.74. The van der Waals surface area contributed by atoms with E-state index >= 15 is 0 Å². The number of sulfone groups is 1. The lowest BCUT2D eigenvalue weighted by Crippen LogP contribution is -2.14. The van der Waals surface area contributed by atoms with Crippen LogP contribution < -0.4 is 5.32 Å². The number of nitro groups is 1. The zero-order chi connectivity index (χ0) is 17.0. The Hall–Kier alpha value is -2.52. The summed E-state index contributed by atoms with van der Waals surface area (Å²) in [5, 5.41) is 24.0. The molecule has 2 N–H and O–H groups in total. The molecule has 0 saturated carbocycles. The second-order valence-electron chi connectivity index (χ2n) is 4.86. The third-order valence-electron chi connectivity index (χ3n) is 3.16. The number of para-hydroxylation sites is 1. The monoisotopic (exact) mass is 337 g/mol. The lowest BCUT2D eigenvalue weighted by molar-refractivity contribution is -0.386. The summed E-state index contributed by atoms with van der Waals surface area (Å²) in [6.07, 6.45) is 3.03. The number of hydrogen-bond acceptors (Lipinski definition) is 7. The Morgan fingerprint density at radius 3 is 2.52 bits per heavy atom. The van der Waals surface area contributed by atoms with E-state index in [1.807, 2.05) is 0 Å². The third kappa shape index (κ3) is 4.02. The van der Waals surface area contributed by atoms with E-state index in [1.54, 1.807) is 12.1 Å². The maximum atomic E-state index is 11.7. The molecule has 1 atom stereocenters. The molecule has 1 aromatic carbocycles. The van der Waals surface area contributed by atoms with Crippen LogP contribution in [0.2, 0.25) is 0 Å². The topological polar surface area (TPSA) is 122 Å². The van der Waals surface area contributed by atoms with Crippen molar-refractivity contribution in [3.63, 3.8) is 0 Å². The summed E-state index contributed by atoms with van der Waals surface area (Å²) in [5.41, 5.74) is 0.0948. The van der Waals surface area contributed by atoms with Crippen molar-refractivity contribution in [3.8, 4) is 0 Å². The van der Waals surface area contributed by atoms with Crippen molar-refractivity contribution in [2.75, 3.05) is 18.1 Å². The zero-order valence-electron chi connectivity index (χ0n) is 12.2. The van der Waals surface area contributed by atoms with E-state index in [-0.39, 0.29) is 17.1 Å². The summed E-state index contributed by atoms with van der Waals surface area (Å²) in [4.78, 5) is 13.9. The first-order chi connectivity index (χ1) is 10.8. The van der Waals surface area contributed by atoms with Crippen LogP contribution in [0.15, 0.2) is 47.6 Å². The predicted octanol–water partition coefficient (Wildman–Crippen LogP) is 1.54. The molecular formula is C14H15N3O5S. The molecule has 0 radical (unpaired) electrons. The number of rotatable bonds is 6. The highest BCUT2D eigenvalue weighted by Crippen LogP contribution is 2.32. The van der Waals surface area contributed by atoms with Crippen molar-refractivity contribution in [1.29, 1.82) is 0 Å². The minimum absolute atomic E-state index is 0.0158. The van der Waals surface area contributed by atoms with Crippen LogP contribution in [0.25, 0.3) is 0 Å². The van der Waals surface area contributed by atoms with Crippen LogP contribution in [0.4, 0.5) is 11.4 Å². The molecule has 2 aromatic rings. The lowest BCUT2D eigenvalue weighted by Gasteiger charge is -2.14. The average molecular weight is 337 g/mol. The van der Waals surface area contributed by atoms with Gasteiger partial charge in [0.2, 0.25) is 0 Å². The fourth-order valence-electron chi connectivity index (χ4n) is 2.06. The maximum absolute atomic E-state index is 11.7. The van der Waals surface area contributed by atoms with Crippen molar-refractivity contribution in [2.45, 2.75) is 11.0 Å². The second kappa shape index (κ2) is 6.71. The van der Waals surface area contributed by atoms with E-state index < -0.39 is 26.6 Å². The maximum Gasteiger partial charge on any atom is 0.310 e. The predicted molar refractivity (Wildman–Crippen MR) is 83.9 cm³/mol. The number of aliphatic hydroxyl groups is 1. The lowest BCUT2D eigenvalue weighted by atomic mass is 10.1. The highest BCUT2D eigenvalue weighted by Gasteiger charge is 2.26. The van der Waals surface area contributed by atoms with Crippen LogP contribution in [0.3, 0.4) is 0 Å². The van der Waals surface area contributed by atoms with Crippen molar-refractivity contribution >= 4 is 21.2 Å². The van der Waals surface area contributed by atoms with Gasteiger partial charge in [0.05, 0.1) is 11.0 Å². The molecule has 0 spiro atoms.